The van der Waals surface area contributed by atoms with Crippen molar-refractivity contribution >= 4 is 5.97 Å². The SMILES string of the molecule is C=CCOc1cc(C(=O)O)ccn1. The summed E-state index contributed by atoms with van der Waals surface area (Å²) in [7, 11) is 0. The molecule has 0 saturated carbocycles. The van der Waals surface area contributed by atoms with Crippen molar-refractivity contribution in [1.82, 2.24) is 4.98 Å². The van der Waals surface area contributed by atoms with Crippen LogP contribution >= 0.6 is 0 Å². The molecule has 1 aromatic heterocycles. The first-order valence-corrected chi connectivity index (χ1v) is 3.67. The van der Waals surface area contributed by atoms with Gasteiger partial charge in [0.05, 0.1) is 5.56 Å². The van der Waals surface area contributed by atoms with E-state index in [1.165, 1.54) is 18.3 Å². The van der Waals surface area contributed by atoms with E-state index in [1.807, 2.05) is 0 Å². The summed E-state index contributed by atoms with van der Waals surface area (Å²) in [4.78, 5) is 14.3. The zero-order valence-electron chi connectivity index (χ0n) is 6.93. The molecule has 0 fully saturated rings. The second-order valence-corrected chi connectivity index (χ2v) is 2.29. The molecule has 1 aromatic rings. The van der Waals surface area contributed by atoms with Gasteiger partial charge in [-0.05, 0) is 6.07 Å². The molecule has 4 nitrogen and oxygen atoms in total. The van der Waals surface area contributed by atoms with E-state index in [-0.39, 0.29) is 5.56 Å². The highest BCUT2D eigenvalue weighted by Crippen LogP contribution is 2.08. The Morgan fingerprint density at radius 2 is 2.54 bits per heavy atom. The Bertz CT molecular complexity index is 322. The molecule has 0 aromatic carbocycles. The van der Waals surface area contributed by atoms with Gasteiger partial charge in [0, 0.05) is 12.3 Å². The Hall–Kier alpha value is -1.84. The summed E-state index contributed by atoms with van der Waals surface area (Å²) >= 11 is 0. The zero-order chi connectivity index (χ0) is 9.68. The highest BCUT2D eigenvalue weighted by atomic mass is 16.5. The molecule has 0 unspecified atom stereocenters. The number of hydrogen-bond donors (Lipinski definition) is 1. The Labute approximate surface area is 75.5 Å². The minimum absolute atomic E-state index is 0.161. The minimum atomic E-state index is -0.995. The van der Waals surface area contributed by atoms with Crippen LogP contribution in [0.4, 0.5) is 0 Å². The lowest BCUT2D eigenvalue weighted by molar-refractivity contribution is 0.0696. The fourth-order valence-electron chi connectivity index (χ4n) is 0.766. The smallest absolute Gasteiger partial charge is 0.335 e. The number of carboxylic acid groups (broad SMARTS) is 1. The van der Waals surface area contributed by atoms with E-state index in [1.54, 1.807) is 6.08 Å². The summed E-state index contributed by atoms with van der Waals surface area (Å²) in [6.07, 6.45) is 2.96. The average molecular weight is 179 g/mol. The maximum absolute atomic E-state index is 10.5. The molecule has 0 bridgehead atoms. The number of carbonyl (C=O) groups is 1. The van der Waals surface area contributed by atoms with Crippen LogP contribution in [-0.2, 0) is 0 Å². The van der Waals surface area contributed by atoms with E-state index in [4.69, 9.17) is 9.84 Å². The molecule has 68 valence electrons. The van der Waals surface area contributed by atoms with Crippen LogP contribution in [0.25, 0.3) is 0 Å². The second kappa shape index (κ2) is 4.25. The quantitative estimate of drug-likeness (QED) is 0.708. The number of aromatic carboxylic acids is 1. The number of hydrogen-bond acceptors (Lipinski definition) is 3. The number of carboxylic acids is 1. The highest BCUT2D eigenvalue weighted by Gasteiger charge is 2.03. The lowest BCUT2D eigenvalue weighted by Crippen LogP contribution is -2.00. The molecule has 0 amide bonds. The molecule has 1 N–H and O–H groups in total. The van der Waals surface area contributed by atoms with Crippen molar-refractivity contribution in [3.05, 3.63) is 36.5 Å². The number of aromatic nitrogens is 1. The van der Waals surface area contributed by atoms with E-state index in [2.05, 4.69) is 11.6 Å². The summed E-state index contributed by atoms with van der Waals surface area (Å²) < 4.78 is 5.05. The van der Waals surface area contributed by atoms with Gasteiger partial charge in [0.2, 0.25) is 5.88 Å². The second-order valence-electron chi connectivity index (χ2n) is 2.29. The van der Waals surface area contributed by atoms with Crippen LogP contribution < -0.4 is 4.74 Å². The standard InChI is InChI=1S/C9H9NO3/c1-2-5-13-8-6-7(9(11)12)3-4-10-8/h2-4,6H,1,5H2,(H,11,12). The van der Waals surface area contributed by atoms with Crippen LogP contribution in [0.3, 0.4) is 0 Å². The molecule has 4 heteroatoms. The predicted octanol–water partition coefficient (Wildman–Crippen LogP) is 1.34. The fraction of sp³-hybridized carbons (Fsp3) is 0.111. The van der Waals surface area contributed by atoms with Crippen LogP contribution in [0, 0.1) is 0 Å². The molecule has 0 spiro atoms. The molecule has 1 rings (SSSR count). The minimum Gasteiger partial charge on any atom is -0.478 e. The van der Waals surface area contributed by atoms with Gasteiger partial charge in [-0.3, -0.25) is 0 Å². The number of ether oxygens (including phenoxy) is 1. The predicted molar refractivity (Wildman–Crippen MR) is 46.9 cm³/mol. The third kappa shape index (κ3) is 2.59. The van der Waals surface area contributed by atoms with Crippen molar-refractivity contribution in [3.8, 4) is 5.88 Å². The number of nitrogens with zero attached hydrogens (tertiary/aromatic N) is 1. The molecule has 0 aliphatic rings. The summed E-state index contributed by atoms with van der Waals surface area (Å²) in [5.41, 5.74) is 0.161. The van der Waals surface area contributed by atoms with Gasteiger partial charge in [-0.15, -0.1) is 0 Å². The summed E-state index contributed by atoms with van der Waals surface area (Å²) in [5, 5.41) is 8.63. The molecule has 0 atom stereocenters. The van der Waals surface area contributed by atoms with Crippen LogP contribution in [-0.4, -0.2) is 22.7 Å². The monoisotopic (exact) mass is 179 g/mol. The van der Waals surface area contributed by atoms with E-state index >= 15 is 0 Å². The number of rotatable bonds is 4. The lowest BCUT2D eigenvalue weighted by atomic mass is 10.3. The first-order valence-electron chi connectivity index (χ1n) is 3.67. The molecule has 13 heavy (non-hydrogen) atoms. The molecule has 0 aliphatic carbocycles. The van der Waals surface area contributed by atoms with Crippen molar-refractivity contribution in [3.63, 3.8) is 0 Å². The lowest BCUT2D eigenvalue weighted by Gasteiger charge is -2.01. The largest absolute Gasteiger partial charge is 0.478 e. The van der Waals surface area contributed by atoms with Crippen molar-refractivity contribution in [2.75, 3.05) is 6.61 Å². The Kier molecular flexibility index (Phi) is 3.03. The van der Waals surface area contributed by atoms with Gasteiger partial charge in [-0.1, -0.05) is 12.7 Å². The molecule has 0 saturated heterocycles. The Morgan fingerprint density at radius 3 is 3.15 bits per heavy atom. The van der Waals surface area contributed by atoms with Gasteiger partial charge in [0.15, 0.2) is 0 Å². The normalized spacial score (nSPS) is 9.23. The first-order chi connectivity index (χ1) is 6.24. The third-order valence-electron chi connectivity index (χ3n) is 1.33. The topological polar surface area (TPSA) is 59.4 Å². The summed E-state index contributed by atoms with van der Waals surface area (Å²) in [6, 6.07) is 2.77. The maximum atomic E-state index is 10.5. The zero-order valence-corrected chi connectivity index (χ0v) is 6.93. The third-order valence-corrected chi connectivity index (χ3v) is 1.33. The van der Waals surface area contributed by atoms with Crippen LogP contribution in [0.2, 0.25) is 0 Å². The van der Waals surface area contributed by atoms with Gasteiger partial charge in [0.1, 0.15) is 6.61 Å². The Balaban J connectivity index is 2.79. The first kappa shape index (κ1) is 9.25. The molecule has 0 radical (unpaired) electrons. The van der Waals surface area contributed by atoms with Crippen molar-refractivity contribution < 1.29 is 14.6 Å². The van der Waals surface area contributed by atoms with Gasteiger partial charge < -0.3 is 9.84 Å². The van der Waals surface area contributed by atoms with Crippen molar-refractivity contribution in [1.29, 1.82) is 0 Å². The molecular weight excluding hydrogens is 170 g/mol. The number of pyridine rings is 1. The molecular formula is C9H9NO3. The van der Waals surface area contributed by atoms with Gasteiger partial charge >= 0.3 is 5.97 Å². The van der Waals surface area contributed by atoms with Crippen molar-refractivity contribution in [2.24, 2.45) is 0 Å². The Morgan fingerprint density at radius 1 is 1.77 bits per heavy atom. The molecule has 1 heterocycles. The van der Waals surface area contributed by atoms with Gasteiger partial charge in [-0.25, -0.2) is 9.78 Å². The summed E-state index contributed by atoms with van der Waals surface area (Å²) in [5.74, 6) is -0.703. The van der Waals surface area contributed by atoms with E-state index in [0.717, 1.165) is 0 Å². The van der Waals surface area contributed by atoms with Crippen LogP contribution in [0.1, 0.15) is 10.4 Å². The van der Waals surface area contributed by atoms with E-state index in [9.17, 15) is 4.79 Å². The van der Waals surface area contributed by atoms with Crippen LogP contribution in [0.15, 0.2) is 31.0 Å². The maximum Gasteiger partial charge on any atom is 0.335 e. The van der Waals surface area contributed by atoms with Gasteiger partial charge in [-0.2, -0.15) is 0 Å². The van der Waals surface area contributed by atoms with Gasteiger partial charge in [0.25, 0.3) is 0 Å². The van der Waals surface area contributed by atoms with Crippen LogP contribution in [0.5, 0.6) is 5.88 Å². The van der Waals surface area contributed by atoms with E-state index in [0.29, 0.717) is 12.5 Å². The van der Waals surface area contributed by atoms with E-state index < -0.39 is 5.97 Å². The fourth-order valence-corrected chi connectivity index (χ4v) is 0.766. The van der Waals surface area contributed by atoms with Crippen molar-refractivity contribution in [2.45, 2.75) is 0 Å². The highest BCUT2D eigenvalue weighted by molar-refractivity contribution is 5.87. The summed E-state index contributed by atoms with van der Waals surface area (Å²) in [6.45, 7) is 3.78. The average Bonchev–Trinajstić information content (AvgIpc) is 2.15. The molecule has 0 aliphatic heterocycles.